The number of hydrogen-bond acceptors (Lipinski definition) is 2. The zero-order valence-corrected chi connectivity index (χ0v) is 8.90. The van der Waals surface area contributed by atoms with Gasteiger partial charge in [-0.1, -0.05) is 0 Å². The average molecular weight is 202 g/mol. The molecule has 0 amide bonds. The van der Waals surface area contributed by atoms with Crippen LogP contribution < -0.4 is 5.73 Å². The highest BCUT2D eigenvalue weighted by molar-refractivity contribution is 6.00. The maximum absolute atomic E-state index is 5.88. The molecular weight excluding hydrogens is 188 g/mol. The molecule has 2 aromatic rings. The average Bonchev–Trinajstić information content (AvgIpc) is 2.62. The Labute approximate surface area is 88.6 Å². The lowest BCUT2D eigenvalue weighted by molar-refractivity contribution is 0.616. The first-order chi connectivity index (χ1) is 7.16. The summed E-state index contributed by atoms with van der Waals surface area (Å²) in [6.07, 6.45) is 1.67. The maximum Gasteiger partial charge on any atom is 0.133 e. The number of nitrogens with zero attached hydrogens (tertiary/aromatic N) is 1. The molecule has 0 atom stereocenters. The summed E-state index contributed by atoms with van der Waals surface area (Å²) >= 11 is 0. The monoisotopic (exact) mass is 202 g/mol. The molecule has 1 heterocycles. The second kappa shape index (κ2) is 3.77. The van der Waals surface area contributed by atoms with Crippen molar-refractivity contribution < 1.29 is 4.42 Å². The summed E-state index contributed by atoms with van der Waals surface area (Å²) in [5.74, 6) is 0.577. The molecule has 2 N–H and O–H groups in total. The van der Waals surface area contributed by atoms with E-state index in [1.165, 1.54) is 0 Å². The van der Waals surface area contributed by atoms with Crippen LogP contribution in [0.5, 0.6) is 0 Å². The molecule has 0 saturated heterocycles. The van der Waals surface area contributed by atoms with E-state index in [1.807, 2.05) is 38.1 Å². The van der Waals surface area contributed by atoms with Crippen molar-refractivity contribution in [3.05, 3.63) is 36.1 Å². The number of benzene rings is 1. The Bertz CT molecular complexity index is 497. The Balaban J connectivity index is 2.43. The summed E-state index contributed by atoms with van der Waals surface area (Å²) < 4.78 is 5.25. The second-order valence-electron chi connectivity index (χ2n) is 3.78. The Morgan fingerprint density at radius 3 is 2.87 bits per heavy atom. The van der Waals surface area contributed by atoms with Crippen molar-refractivity contribution in [2.75, 3.05) is 0 Å². The van der Waals surface area contributed by atoms with E-state index in [0.717, 1.165) is 16.5 Å². The lowest BCUT2D eigenvalue weighted by Crippen LogP contribution is -2.15. The van der Waals surface area contributed by atoms with E-state index in [0.29, 0.717) is 5.84 Å². The molecule has 0 aliphatic heterocycles. The topological polar surface area (TPSA) is 51.5 Å². The molecule has 0 aliphatic carbocycles. The van der Waals surface area contributed by atoms with Gasteiger partial charge in [-0.15, -0.1) is 0 Å². The largest absolute Gasteiger partial charge is 0.464 e. The maximum atomic E-state index is 5.88. The smallest absolute Gasteiger partial charge is 0.133 e. The zero-order valence-electron chi connectivity index (χ0n) is 8.90. The van der Waals surface area contributed by atoms with Crippen molar-refractivity contribution in [3.8, 4) is 0 Å². The van der Waals surface area contributed by atoms with Gasteiger partial charge in [0.05, 0.1) is 6.26 Å². The van der Waals surface area contributed by atoms with Crippen molar-refractivity contribution in [1.82, 2.24) is 0 Å². The van der Waals surface area contributed by atoms with Crippen LogP contribution in [0, 0.1) is 0 Å². The fourth-order valence-corrected chi connectivity index (χ4v) is 1.48. The highest BCUT2D eigenvalue weighted by Gasteiger charge is 2.02. The normalized spacial score (nSPS) is 12.6. The Hall–Kier alpha value is -1.77. The standard InChI is InChI=1S/C12H14N2O/c1-8(2)14-12(13)10-3-4-11-9(7-10)5-6-15-11/h3-8H,1-2H3,(H2,13,14). The first kappa shape index (κ1) is 9.77. The minimum absolute atomic E-state index is 0.213. The van der Waals surface area contributed by atoms with Gasteiger partial charge >= 0.3 is 0 Å². The molecule has 0 spiro atoms. The van der Waals surface area contributed by atoms with Gasteiger partial charge in [0.15, 0.2) is 0 Å². The Kier molecular flexibility index (Phi) is 2.46. The lowest BCUT2D eigenvalue weighted by atomic mass is 10.1. The summed E-state index contributed by atoms with van der Waals surface area (Å²) in [4.78, 5) is 4.30. The predicted octanol–water partition coefficient (Wildman–Crippen LogP) is 2.55. The van der Waals surface area contributed by atoms with Gasteiger partial charge in [0.2, 0.25) is 0 Å². The van der Waals surface area contributed by atoms with Gasteiger partial charge in [-0.3, -0.25) is 4.99 Å². The molecule has 0 unspecified atom stereocenters. The van der Waals surface area contributed by atoms with Crippen LogP contribution in [0.15, 0.2) is 39.9 Å². The minimum atomic E-state index is 0.213. The van der Waals surface area contributed by atoms with E-state index in [2.05, 4.69) is 4.99 Å². The molecular formula is C12H14N2O. The van der Waals surface area contributed by atoms with Gasteiger partial charge in [0, 0.05) is 17.0 Å². The van der Waals surface area contributed by atoms with Gasteiger partial charge in [-0.25, -0.2) is 0 Å². The molecule has 1 aromatic carbocycles. The summed E-state index contributed by atoms with van der Waals surface area (Å²) in [6.45, 7) is 4.01. The van der Waals surface area contributed by atoms with Gasteiger partial charge in [-0.05, 0) is 38.1 Å². The number of hydrogen-bond donors (Lipinski definition) is 1. The van der Waals surface area contributed by atoms with Crippen LogP contribution in [0.4, 0.5) is 0 Å². The van der Waals surface area contributed by atoms with Gasteiger partial charge in [0.25, 0.3) is 0 Å². The molecule has 0 fully saturated rings. The van der Waals surface area contributed by atoms with Crippen molar-refractivity contribution in [2.45, 2.75) is 19.9 Å². The van der Waals surface area contributed by atoms with E-state index < -0.39 is 0 Å². The minimum Gasteiger partial charge on any atom is -0.464 e. The molecule has 78 valence electrons. The van der Waals surface area contributed by atoms with E-state index in [1.54, 1.807) is 6.26 Å². The zero-order chi connectivity index (χ0) is 10.8. The van der Waals surface area contributed by atoms with Crippen LogP contribution in [0.3, 0.4) is 0 Å². The molecule has 15 heavy (non-hydrogen) atoms. The lowest BCUT2D eigenvalue weighted by Gasteiger charge is -2.03. The van der Waals surface area contributed by atoms with Crippen LogP contribution in [0.25, 0.3) is 11.0 Å². The molecule has 0 saturated carbocycles. The molecule has 0 bridgehead atoms. The van der Waals surface area contributed by atoms with E-state index >= 15 is 0 Å². The van der Waals surface area contributed by atoms with Crippen LogP contribution in [0.1, 0.15) is 19.4 Å². The van der Waals surface area contributed by atoms with E-state index in [-0.39, 0.29) is 6.04 Å². The fourth-order valence-electron chi connectivity index (χ4n) is 1.48. The third kappa shape index (κ3) is 2.01. The van der Waals surface area contributed by atoms with Crippen molar-refractivity contribution in [3.63, 3.8) is 0 Å². The number of nitrogens with two attached hydrogens (primary N) is 1. The van der Waals surface area contributed by atoms with Gasteiger partial charge < -0.3 is 10.2 Å². The quantitative estimate of drug-likeness (QED) is 0.601. The van der Waals surface area contributed by atoms with Crippen LogP contribution in [0.2, 0.25) is 0 Å². The Morgan fingerprint density at radius 2 is 2.13 bits per heavy atom. The predicted molar refractivity (Wildman–Crippen MR) is 62.1 cm³/mol. The highest BCUT2D eigenvalue weighted by atomic mass is 16.3. The first-order valence-corrected chi connectivity index (χ1v) is 4.98. The van der Waals surface area contributed by atoms with Crippen molar-refractivity contribution >= 4 is 16.8 Å². The summed E-state index contributed by atoms with van der Waals surface area (Å²) in [5, 5.41) is 1.05. The van der Waals surface area contributed by atoms with Crippen LogP contribution in [-0.4, -0.2) is 11.9 Å². The number of amidine groups is 1. The molecule has 0 aliphatic rings. The molecule has 1 aromatic heterocycles. The number of fused-ring (bicyclic) bond motifs is 1. The first-order valence-electron chi connectivity index (χ1n) is 4.98. The number of aliphatic imine (C=N–C) groups is 1. The number of furan rings is 1. The molecule has 3 nitrogen and oxygen atoms in total. The summed E-state index contributed by atoms with van der Waals surface area (Å²) in [7, 11) is 0. The van der Waals surface area contributed by atoms with Crippen molar-refractivity contribution in [1.29, 1.82) is 0 Å². The molecule has 3 heteroatoms. The van der Waals surface area contributed by atoms with Crippen molar-refractivity contribution in [2.24, 2.45) is 10.7 Å². The van der Waals surface area contributed by atoms with Gasteiger partial charge in [-0.2, -0.15) is 0 Å². The fraction of sp³-hybridized carbons (Fsp3) is 0.250. The van der Waals surface area contributed by atoms with Gasteiger partial charge in [0.1, 0.15) is 11.4 Å². The Morgan fingerprint density at radius 1 is 1.33 bits per heavy atom. The van der Waals surface area contributed by atoms with E-state index in [4.69, 9.17) is 10.2 Å². The third-order valence-corrected chi connectivity index (χ3v) is 2.15. The summed E-state index contributed by atoms with van der Waals surface area (Å²) in [6, 6.07) is 7.95. The highest BCUT2D eigenvalue weighted by Crippen LogP contribution is 2.16. The number of rotatable bonds is 2. The second-order valence-corrected chi connectivity index (χ2v) is 3.78. The van der Waals surface area contributed by atoms with Crippen LogP contribution in [-0.2, 0) is 0 Å². The molecule has 2 rings (SSSR count). The molecule has 0 radical (unpaired) electrons. The van der Waals surface area contributed by atoms with E-state index in [9.17, 15) is 0 Å². The SMILES string of the molecule is CC(C)N=C(N)c1ccc2occc2c1. The third-order valence-electron chi connectivity index (χ3n) is 2.15. The van der Waals surface area contributed by atoms with Crippen LogP contribution >= 0.6 is 0 Å². The summed E-state index contributed by atoms with van der Waals surface area (Å²) in [5.41, 5.74) is 7.69.